The third kappa shape index (κ3) is 4.08. The zero-order valence-corrected chi connectivity index (χ0v) is 17.1. The molecule has 0 amide bonds. The molecule has 0 fully saturated rings. The second-order valence-electron chi connectivity index (χ2n) is 6.25. The average molecular weight is 439 g/mol. The number of aromatic nitrogens is 2. The predicted molar refractivity (Wildman–Crippen MR) is 106 cm³/mol. The minimum absolute atomic E-state index is 0.0658. The highest BCUT2D eigenvalue weighted by Crippen LogP contribution is 2.25. The zero-order valence-electron chi connectivity index (χ0n) is 16.2. The van der Waals surface area contributed by atoms with Crippen LogP contribution in [0.2, 0.25) is 0 Å². The van der Waals surface area contributed by atoms with Crippen molar-refractivity contribution in [2.24, 2.45) is 0 Å². The van der Waals surface area contributed by atoms with Gasteiger partial charge < -0.3 is 4.74 Å². The van der Waals surface area contributed by atoms with E-state index in [1.54, 1.807) is 12.1 Å². The number of hydrogen-bond donors (Lipinski definition) is 1. The summed E-state index contributed by atoms with van der Waals surface area (Å²) in [4.78, 5) is 11.6. The number of nitrogens with zero attached hydrogens (tertiary/aromatic N) is 4. The minimum Gasteiger partial charge on any atom is -0.465 e. The Labute approximate surface area is 177 Å². The fourth-order valence-electron chi connectivity index (χ4n) is 2.84. The van der Waals surface area contributed by atoms with Crippen molar-refractivity contribution in [1.82, 2.24) is 9.78 Å². The van der Waals surface area contributed by atoms with Crippen LogP contribution >= 0.6 is 0 Å². The first-order chi connectivity index (χ1) is 14.7. The molecule has 0 bridgehead atoms. The summed E-state index contributed by atoms with van der Waals surface area (Å²) in [5.41, 5.74) is 0.0729. The fraction of sp³-hybridized carbons (Fsp3) is 0.100. The van der Waals surface area contributed by atoms with Crippen LogP contribution in [0.4, 0.5) is 10.2 Å². The second kappa shape index (κ2) is 8.26. The van der Waals surface area contributed by atoms with Crippen molar-refractivity contribution in [2.75, 3.05) is 11.8 Å². The first-order valence-electron chi connectivity index (χ1n) is 8.62. The molecule has 0 aliphatic heterocycles. The Morgan fingerprint density at radius 1 is 1.23 bits per heavy atom. The summed E-state index contributed by atoms with van der Waals surface area (Å²) in [6.45, 7) is 1.44. The van der Waals surface area contributed by atoms with Gasteiger partial charge in [0, 0.05) is 0 Å². The number of methoxy groups -OCH3 is 1. The normalized spacial score (nSPS) is 10.7. The summed E-state index contributed by atoms with van der Waals surface area (Å²) in [6.07, 6.45) is 1.15. The molecule has 31 heavy (non-hydrogen) atoms. The number of ether oxygens (including phenoxy) is 1. The molecule has 156 valence electrons. The van der Waals surface area contributed by atoms with Crippen LogP contribution < -0.4 is 4.72 Å². The monoisotopic (exact) mass is 439 g/mol. The molecular weight excluding hydrogens is 425 g/mol. The number of nitrogens with one attached hydrogen (secondary N) is 1. The highest BCUT2D eigenvalue weighted by molar-refractivity contribution is 7.92. The van der Waals surface area contributed by atoms with Crippen molar-refractivity contribution in [3.63, 3.8) is 0 Å². The first kappa shape index (κ1) is 21.5. The summed E-state index contributed by atoms with van der Waals surface area (Å²) >= 11 is 0. The maximum atomic E-state index is 14.3. The standard InChI is InChI=1S/C20H14FN5O4S/c1-12-15(20(27)30-2)4-3-5-18(12)31(28,29)25-19-14(10-23)11-26(24-19)17-7-6-13(9-22)8-16(17)21/h3-8,11H,1-2H3,(H,24,25). The molecule has 0 radical (unpaired) electrons. The van der Waals surface area contributed by atoms with Crippen LogP contribution in [0.1, 0.15) is 27.0 Å². The Kier molecular flexibility index (Phi) is 5.72. The number of carbonyl (C=O) groups is 1. The molecule has 1 heterocycles. The van der Waals surface area contributed by atoms with E-state index in [0.29, 0.717) is 0 Å². The van der Waals surface area contributed by atoms with E-state index in [0.717, 1.165) is 16.9 Å². The Hall–Kier alpha value is -4.22. The Balaban J connectivity index is 2.03. The summed E-state index contributed by atoms with van der Waals surface area (Å²) < 4.78 is 48.0. The molecule has 1 N–H and O–H groups in total. The van der Waals surface area contributed by atoms with E-state index in [-0.39, 0.29) is 38.7 Å². The van der Waals surface area contributed by atoms with Crippen LogP contribution in [0, 0.1) is 35.4 Å². The SMILES string of the molecule is COC(=O)c1cccc(S(=O)(=O)Nc2nn(-c3ccc(C#N)cc3F)cc2C#N)c1C. The van der Waals surface area contributed by atoms with Crippen LogP contribution in [0.3, 0.4) is 0 Å². The molecule has 2 aromatic carbocycles. The van der Waals surface area contributed by atoms with Crippen molar-refractivity contribution < 1.29 is 22.3 Å². The van der Waals surface area contributed by atoms with E-state index in [2.05, 4.69) is 14.6 Å². The third-order valence-electron chi connectivity index (χ3n) is 4.37. The molecule has 0 unspecified atom stereocenters. The molecule has 3 rings (SSSR count). The number of carbonyl (C=O) groups excluding carboxylic acids is 1. The lowest BCUT2D eigenvalue weighted by Crippen LogP contribution is -2.17. The summed E-state index contributed by atoms with van der Waals surface area (Å²) in [5.74, 6) is -1.80. The van der Waals surface area contributed by atoms with Gasteiger partial charge in [-0.05, 0) is 42.8 Å². The number of nitriles is 2. The van der Waals surface area contributed by atoms with Gasteiger partial charge in [0.25, 0.3) is 10.0 Å². The molecule has 0 atom stereocenters. The van der Waals surface area contributed by atoms with Crippen LogP contribution in [0.5, 0.6) is 0 Å². The average Bonchev–Trinajstić information content (AvgIpc) is 3.14. The lowest BCUT2D eigenvalue weighted by Gasteiger charge is -2.11. The first-order valence-corrected chi connectivity index (χ1v) is 10.1. The molecule has 11 heteroatoms. The Bertz CT molecular complexity index is 1380. The number of benzene rings is 2. The van der Waals surface area contributed by atoms with E-state index in [1.165, 1.54) is 44.4 Å². The van der Waals surface area contributed by atoms with Gasteiger partial charge in [0.2, 0.25) is 0 Å². The summed E-state index contributed by atoms with van der Waals surface area (Å²) in [7, 11) is -3.08. The molecule has 0 saturated heterocycles. The predicted octanol–water partition coefficient (Wildman–Crippen LogP) is 2.65. The lowest BCUT2D eigenvalue weighted by molar-refractivity contribution is 0.0599. The minimum atomic E-state index is -4.25. The molecule has 0 saturated carbocycles. The van der Waals surface area contributed by atoms with Crippen molar-refractivity contribution in [3.8, 4) is 17.8 Å². The molecule has 3 aromatic rings. The summed E-state index contributed by atoms with van der Waals surface area (Å²) in [6, 6.07) is 11.3. The van der Waals surface area contributed by atoms with E-state index in [4.69, 9.17) is 5.26 Å². The zero-order chi connectivity index (χ0) is 22.8. The van der Waals surface area contributed by atoms with Gasteiger partial charge in [-0.25, -0.2) is 22.3 Å². The van der Waals surface area contributed by atoms with E-state index in [9.17, 15) is 22.9 Å². The van der Waals surface area contributed by atoms with E-state index >= 15 is 0 Å². The van der Waals surface area contributed by atoms with Crippen molar-refractivity contribution in [3.05, 3.63) is 70.7 Å². The number of hydrogen-bond acceptors (Lipinski definition) is 7. The number of esters is 1. The smallest absolute Gasteiger partial charge is 0.338 e. The highest BCUT2D eigenvalue weighted by atomic mass is 32.2. The number of sulfonamides is 1. The van der Waals surface area contributed by atoms with Crippen LogP contribution in [-0.2, 0) is 14.8 Å². The lowest BCUT2D eigenvalue weighted by atomic mass is 10.1. The van der Waals surface area contributed by atoms with E-state index in [1.807, 2.05) is 0 Å². The molecule has 0 aliphatic rings. The molecule has 1 aromatic heterocycles. The van der Waals surface area contributed by atoms with Gasteiger partial charge in [0.1, 0.15) is 23.1 Å². The van der Waals surface area contributed by atoms with Gasteiger partial charge in [-0.2, -0.15) is 10.5 Å². The Morgan fingerprint density at radius 2 is 1.97 bits per heavy atom. The van der Waals surface area contributed by atoms with Crippen molar-refractivity contribution >= 4 is 21.8 Å². The fourth-order valence-corrected chi connectivity index (χ4v) is 4.12. The van der Waals surface area contributed by atoms with Gasteiger partial charge in [-0.15, -0.1) is 5.10 Å². The van der Waals surface area contributed by atoms with Crippen LogP contribution in [0.15, 0.2) is 47.5 Å². The van der Waals surface area contributed by atoms with Crippen molar-refractivity contribution in [1.29, 1.82) is 10.5 Å². The van der Waals surface area contributed by atoms with Gasteiger partial charge >= 0.3 is 5.97 Å². The maximum Gasteiger partial charge on any atom is 0.338 e. The highest BCUT2D eigenvalue weighted by Gasteiger charge is 2.24. The maximum absolute atomic E-state index is 14.3. The van der Waals surface area contributed by atoms with Crippen molar-refractivity contribution in [2.45, 2.75) is 11.8 Å². The van der Waals surface area contributed by atoms with Gasteiger partial charge in [-0.3, -0.25) is 4.72 Å². The van der Waals surface area contributed by atoms with Crippen LogP contribution in [-0.4, -0.2) is 31.3 Å². The largest absolute Gasteiger partial charge is 0.465 e. The van der Waals surface area contributed by atoms with Gasteiger partial charge in [0.05, 0.1) is 35.4 Å². The summed E-state index contributed by atoms with van der Waals surface area (Å²) in [5, 5.41) is 22.2. The number of rotatable bonds is 5. The van der Waals surface area contributed by atoms with Gasteiger partial charge in [0.15, 0.2) is 5.82 Å². The third-order valence-corrected chi connectivity index (χ3v) is 5.85. The molecule has 0 spiro atoms. The number of halogens is 1. The molecule has 9 nitrogen and oxygen atoms in total. The molecule has 0 aliphatic carbocycles. The van der Waals surface area contributed by atoms with Crippen LogP contribution in [0.25, 0.3) is 5.69 Å². The Morgan fingerprint density at radius 3 is 2.58 bits per heavy atom. The van der Waals surface area contributed by atoms with E-state index < -0.39 is 21.8 Å². The number of anilines is 1. The molecular formula is C20H14FN5O4S. The van der Waals surface area contributed by atoms with Gasteiger partial charge in [-0.1, -0.05) is 6.07 Å². The second-order valence-corrected chi connectivity index (χ2v) is 7.90. The quantitative estimate of drug-likeness (QED) is 0.603. The topological polar surface area (TPSA) is 138 Å².